The van der Waals surface area contributed by atoms with E-state index in [0.717, 1.165) is 28.0 Å². The van der Waals surface area contributed by atoms with Gasteiger partial charge in [-0.25, -0.2) is 15.0 Å². The number of ether oxygens (including phenoxy) is 1. The van der Waals surface area contributed by atoms with E-state index < -0.39 is 5.54 Å². The van der Waals surface area contributed by atoms with Gasteiger partial charge in [0.25, 0.3) is 0 Å². The summed E-state index contributed by atoms with van der Waals surface area (Å²) in [6.45, 7) is 6.20. The van der Waals surface area contributed by atoms with Crippen molar-refractivity contribution < 1.29 is 9.53 Å². The summed E-state index contributed by atoms with van der Waals surface area (Å²) in [5.41, 5.74) is 9.73. The van der Waals surface area contributed by atoms with Gasteiger partial charge in [-0.05, 0) is 41.3 Å². The number of carbonyl (C=O) groups excluding carboxylic acids is 1. The predicted molar refractivity (Wildman–Crippen MR) is 127 cm³/mol. The molecule has 6 nitrogen and oxygen atoms in total. The van der Waals surface area contributed by atoms with E-state index in [1.54, 1.807) is 12.4 Å². The summed E-state index contributed by atoms with van der Waals surface area (Å²) >= 11 is 1.52. The van der Waals surface area contributed by atoms with Gasteiger partial charge in [0.1, 0.15) is 23.4 Å². The zero-order chi connectivity index (χ0) is 22.5. The van der Waals surface area contributed by atoms with Crippen LogP contribution >= 0.6 is 11.8 Å². The lowest BCUT2D eigenvalue weighted by atomic mass is 9.79. The lowest BCUT2D eigenvalue weighted by Crippen LogP contribution is -2.30. The van der Waals surface area contributed by atoms with E-state index in [2.05, 4.69) is 36.8 Å². The zero-order valence-corrected chi connectivity index (χ0v) is 19.1. The topological polar surface area (TPSA) is 90.5 Å². The number of benzene rings is 2. The first-order valence-corrected chi connectivity index (χ1v) is 11.5. The molecule has 7 heteroatoms. The fourth-order valence-electron chi connectivity index (χ4n) is 4.24. The van der Waals surface area contributed by atoms with Crippen LogP contribution in [0.3, 0.4) is 0 Å². The molecule has 0 aliphatic carbocycles. The molecule has 1 spiro atoms. The average Bonchev–Trinajstić information content (AvgIpc) is 3.15. The predicted octanol–water partition coefficient (Wildman–Crippen LogP) is 5.17. The summed E-state index contributed by atoms with van der Waals surface area (Å²) in [6.07, 6.45) is 5.54. The largest absolute Gasteiger partial charge is 0.457 e. The van der Waals surface area contributed by atoms with Gasteiger partial charge in [-0.2, -0.15) is 0 Å². The Labute approximate surface area is 191 Å². The molecule has 0 saturated heterocycles. The first kappa shape index (κ1) is 20.7. The minimum Gasteiger partial charge on any atom is -0.457 e. The molecule has 2 aliphatic rings. The number of aliphatic imine (C=N–C) groups is 1. The maximum Gasteiger partial charge on any atom is 0.163 e. The van der Waals surface area contributed by atoms with E-state index in [0.29, 0.717) is 28.7 Å². The number of thioether (sulfide) groups is 1. The van der Waals surface area contributed by atoms with Crippen molar-refractivity contribution in [2.45, 2.75) is 32.7 Å². The smallest absolute Gasteiger partial charge is 0.163 e. The summed E-state index contributed by atoms with van der Waals surface area (Å²) in [6, 6.07) is 11.7. The lowest BCUT2D eigenvalue weighted by molar-refractivity contribution is 0.0939. The molecule has 1 unspecified atom stereocenters. The highest BCUT2D eigenvalue weighted by Gasteiger charge is 2.46. The van der Waals surface area contributed by atoms with Crippen LogP contribution in [0.25, 0.3) is 11.1 Å². The zero-order valence-electron chi connectivity index (χ0n) is 18.3. The highest BCUT2D eigenvalue weighted by atomic mass is 32.2. The Morgan fingerprint density at radius 3 is 2.41 bits per heavy atom. The summed E-state index contributed by atoms with van der Waals surface area (Å²) in [5.74, 6) is 2.21. The van der Waals surface area contributed by atoms with Crippen LogP contribution in [0.5, 0.6) is 11.5 Å². The number of aromatic nitrogens is 2. The SMILES string of the molecule is CC(C)(C)CC(=O)c1ccc2c(c1)C1(CSC(N)=N1)c1cc(-c3cncnc3)ccc1O2. The van der Waals surface area contributed by atoms with Crippen LogP contribution in [0.1, 0.15) is 48.7 Å². The third-order valence-corrected chi connectivity index (χ3v) is 6.66. The number of Topliss-reactive ketones (excluding diaryl/α,β-unsaturated/α-hetero) is 1. The van der Waals surface area contributed by atoms with Crippen molar-refractivity contribution in [2.75, 3.05) is 5.75 Å². The molecule has 0 radical (unpaired) electrons. The number of hydrogen-bond acceptors (Lipinski definition) is 7. The molecule has 0 amide bonds. The van der Waals surface area contributed by atoms with Crippen LogP contribution in [0.15, 0.2) is 60.1 Å². The van der Waals surface area contributed by atoms with Gasteiger partial charge in [-0.1, -0.05) is 38.6 Å². The van der Waals surface area contributed by atoms with Gasteiger partial charge in [-0.3, -0.25) is 4.79 Å². The summed E-state index contributed by atoms with van der Waals surface area (Å²) in [4.78, 5) is 26.2. The first-order chi connectivity index (χ1) is 15.2. The molecule has 3 aromatic rings. The number of carbonyl (C=O) groups is 1. The minimum atomic E-state index is -0.707. The standard InChI is InChI=1S/C25H24N4O2S/c1-24(2,3)10-20(30)16-5-7-22-19(9-16)25(13-32-23(26)29-25)18-8-15(4-6-21(18)31-22)17-11-27-14-28-12-17/h4-9,11-12,14H,10,13H2,1-3H3,(H2,26,29). The number of amidine groups is 1. The molecule has 0 saturated carbocycles. The third-order valence-electron chi connectivity index (χ3n) is 5.71. The van der Waals surface area contributed by atoms with E-state index in [4.69, 9.17) is 15.5 Å². The number of ketones is 1. The van der Waals surface area contributed by atoms with Gasteiger partial charge < -0.3 is 10.5 Å². The normalized spacial score (nSPS) is 19.2. The molecule has 1 atom stereocenters. The Kier molecular flexibility index (Phi) is 4.82. The van der Waals surface area contributed by atoms with E-state index in [1.165, 1.54) is 18.1 Å². The van der Waals surface area contributed by atoms with Gasteiger partial charge in [0.15, 0.2) is 11.0 Å². The van der Waals surface area contributed by atoms with E-state index in [9.17, 15) is 4.79 Å². The number of rotatable bonds is 3. The first-order valence-electron chi connectivity index (χ1n) is 10.5. The van der Waals surface area contributed by atoms with Gasteiger partial charge in [0.2, 0.25) is 0 Å². The lowest BCUT2D eigenvalue weighted by Gasteiger charge is -2.35. The van der Waals surface area contributed by atoms with Gasteiger partial charge >= 0.3 is 0 Å². The summed E-state index contributed by atoms with van der Waals surface area (Å²) in [7, 11) is 0. The Balaban J connectivity index is 1.66. The molecule has 5 rings (SSSR count). The molecule has 162 valence electrons. The van der Waals surface area contributed by atoms with E-state index in [-0.39, 0.29) is 11.2 Å². The molecular formula is C25H24N4O2S. The van der Waals surface area contributed by atoms with E-state index >= 15 is 0 Å². The van der Waals surface area contributed by atoms with Crippen LogP contribution in [-0.2, 0) is 5.54 Å². The molecule has 3 heterocycles. The van der Waals surface area contributed by atoms with Crippen molar-refractivity contribution in [1.82, 2.24) is 9.97 Å². The molecular weight excluding hydrogens is 420 g/mol. The summed E-state index contributed by atoms with van der Waals surface area (Å²) in [5, 5.41) is 0.531. The van der Waals surface area contributed by atoms with Crippen LogP contribution in [0.4, 0.5) is 0 Å². The van der Waals surface area contributed by atoms with Crippen molar-refractivity contribution in [3.63, 3.8) is 0 Å². The molecule has 2 N–H and O–H groups in total. The van der Waals surface area contributed by atoms with Crippen LogP contribution in [-0.4, -0.2) is 26.7 Å². The molecule has 0 bridgehead atoms. The Morgan fingerprint density at radius 2 is 1.75 bits per heavy atom. The number of fused-ring (bicyclic) bond motifs is 4. The maximum atomic E-state index is 13.0. The molecule has 0 fully saturated rings. The van der Waals surface area contributed by atoms with Crippen LogP contribution < -0.4 is 10.5 Å². The van der Waals surface area contributed by atoms with Crippen molar-refractivity contribution >= 4 is 22.7 Å². The van der Waals surface area contributed by atoms with Gasteiger partial charge in [-0.15, -0.1) is 0 Å². The maximum absolute atomic E-state index is 13.0. The molecule has 1 aromatic heterocycles. The second kappa shape index (κ2) is 7.45. The highest BCUT2D eigenvalue weighted by molar-refractivity contribution is 8.14. The molecule has 2 aromatic carbocycles. The van der Waals surface area contributed by atoms with Gasteiger partial charge in [0.05, 0.1) is 0 Å². The quantitative estimate of drug-likeness (QED) is 0.560. The highest BCUT2D eigenvalue weighted by Crippen LogP contribution is 2.53. The molecule has 2 aliphatic heterocycles. The van der Waals surface area contributed by atoms with Crippen molar-refractivity contribution in [3.05, 3.63) is 71.8 Å². The molecule has 32 heavy (non-hydrogen) atoms. The summed E-state index contributed by atoms with van der Waals surface area (Å²) < 4.78 is 6.26. The Bertz CT molecular complexity index is 1250. The van der Waals surface area contributed by atoms with Crippen molar-refractivity contribution in [2.24, 2.45) is 16.1 Å². The third kappa shape index (κ3) is 3.56. The van der Waals surface area contributed by atoms with Gasteiger partial charge in [0, 0.05) is 46.8 Å². The second-order valence-corrected chi connectivity index (χ2v) is 10.4. The Morgan fingerprint density at radius 1 is 1.06 bits per heavy atom. The Hall–Kier alpha value is -3.19. The second-order valence-electron chi connectivity index (χ2n) is 9.41. The average molecular weight is 445 g/mol. The minimum absolute atomic E-state index is 0.0911. The number of nitrogens with zero attached hydrogens (tertiary/aromatic N) is 3. The van der Waals surface area contributed by atoms with Crippen LogP contribution in [0, 0.1) is 5.41 Å². The van der Waals surface area contributed by atoms with Crippen molar-refractivity contribution in [1.29, 1.82) is 0 Å². The number of hydrogen-bond donors (Lipinski definition) is 1. The van der Waals surface area contributed by atoms with E-state index in [1.807, 2.05) is 30.3 Å². The number of nitrogens with two attached hydrogens (primary N) is 1. The fraction of sp³-hybridized carbons (Fsp3) is 0.280. The monoisotopic (exact) mass is 444 g/mol. The van der Waals surface area contributed by atoms with Crippen LogP contribution in [0.2, 0.25) is 0 Å². The fourth-order valence-corrected chi connectivity index (χ4v) is 5.19. The van der Waals surface area contributed by atoms with Crippen molar-refractivity contribution in [3.8, 4) is 22.6 Å².